The molecule has 13 heteroatoms. The number of aromatic nitrogens is 3. The lowest BCUT2D eigenvalue weighted by molar-refractivity contribution is -0.143. The van der Waals surface area contributed by atoms with E-state index in [1.54, 1.807) is 55.5 Å². The van der Waals surface area contributed by atoms with E-state index in [4.69, 9.17) is 14.2 Å². The van der Waals surface area contributed by atoms with Crippen LogP contribution >= 0.6 is 0 Å². The zero-order chi connectivity index (χ0) is 30.9. The zero-order valence-electron chi connectivity index (χ0n) is 24.2. The molecule has 1 saturated heterocycles. The van der Waals surface area contributed by atoms with Gasteiger partial charge in [0.15, 0.2) is 11.3 Å². The summed E-state index contributed by atoms with van der Waals surface area (Å²) >= 11 is 0. The second kappa shape index (κ2) is 12.1. The molecule has 0 spiro atoms. The van der Waals surface area contributed by atoms with Gasteiger partial charge >= 0.3 is 6.18 Å². The fraction of sp³-hybridized carbons (Fsp3) is 0.367. The molecule has 1 N–H and O–H groups in total. The number of alkyl halides is 3. The molecule has 1 amide bonds. The molecule has 0 aliphatic carbocycles. The molecule has 3 heterocycles. The van der Waals surface area contributed by atoms with Gasteiger partial charge in [-0.2, -0.15) is 18.3 Å². The smallest absolute Gasteiger partial charge is 0.433 e. The Hall–Kier alpha value is -4.36. The highest BCUT2D eigenvalue weighted by molar-refractivity contribution is 6.00. The molecule has 43 heavy (non-hydrogen) atoms. The average molecular weight is 600 g/mol. The van der Waals surface area contributed by atoms with Crippen molar-refractivity contribution in [2.75, 3.05) is 54.1 Å². The molecule has 0 saturated carbocycles. The third-order valence-electron chi connectivity index (χ3n) is 7.76. The number of aliphatic hydroxyl groups is 1. The van der Waals surface area contributed by atoms with Gasteiger partial charge in [-0.1, -0.05) is 0 Å². The number of carbonyl (C=O) groups is 1. The van der Waals surface area contributed by atoms with Gasteiger partial charge in [-0.05, 0) is 49.4 Å². The Bertz CT molecular complexity index is 1620. The number of aliphatic hydroxyl groups excluding tert-OH is 1. The lowest BCUT2D eigenvalue weighted by atomic mass is 10.0. The van der Waals surface area contributed by atoms with E-state index < -0.39 is 23.8 Å². The van der Waals surface area contributed by atoms with E-state index in [1.165, 1.54) is 14.0 Å². The molecule has 4 aromatic rings. The normalized spacial score (nSPS) is 15.0. The molecule has 228 valence electrons. The summed E-state index contributed by atoms with van der Waals surface area (Å²) in [6.07, 6.45) is -3.61. The minimum atomic E-state index is -4.75. The van der Waals surface area contributed by atoms with E-state index >= 15 is 0 Å². The second-order valence-electron chi connectivity index (χ2n) is 10.1. The lowest BCUT2D eigenvalue weighted by Crippen LogP contribution is -2.50. The van der Waals surface area contributed by atoms with Crippen LogP contribution < -0.4 is 14.2 Å². The molecule has 0 radical (unpaired) electrons. The molecule has 5 rings (SSSR count). The van der Waals surface area contributed by atoms with Crippen molar-refractivity contribution in [1.29, 1.82) is 0 Å². The van der Waals surface area contributed by atoms with Crippen LogP contribution in [0.2, 0.25) is 0 Å². The van der Waals surface area contributed by atoms with Crippen LogP contribution in [0.15, 0.2) is 48.7 Å². The van der Waals surface area contributed by atoms with Gasteiger partial charge in [0.05, 0.1) is 45.9 Å². The van der Waals surface area contributed by atoms with Crippen LogP contribution in [0.1, 0.15) is 33.2 Å². The van der Waals surface area contributed by atoms with Gasteiger partial charge in [0.2, 0.25) is 0 Å². The maximum absolute atomic E-state index is 14.3. The van der Waals surface area contributed by atoms with Crippen molar-refractivity contribution in [3.05, 3.63) is 71.0 Å². The van der Waals surface area contributed by atoms with Crippen molar-refractivity contribution in [2.24, 2.45) is 0 Å². The highest BCUT2D eigenvalue weighted by Crippen LogP contribution is 2.37. The summed E-state index contributed by atoms with van der Waals surface area (Å²) in [6, 6.07) is 11.4. The minimum Gasteiger partial charge on any atom is -0.497 e. The van der Waals surface area contributed by atoms with E-state index in [0.29, 0.717) is 40.4 Å². The standard InChI is InChI=1S/C30H32F3N5O5/c1-18-26(19-5-7-20(41-2)8-6-19)35-28-23(16-34-38(28)27(18)30(31,32)33)29(40)37-13-11-36(12-14-37)24(17-39)22-15-21(42-3)9-10-25(22)43-4/h5-10,15-16,24,39H,11-14,17H2,1-4H3/t24-/m1/s1. The molecule has 2 aromatic heterocycles. The molecule has 1 aliphatic heterocycles. The summed E-state index contributed by atoms with van der Waals surface area (Å²) in [5.74, 6) is 1.29. The highest BCUT2D eigenvalue weighted by Gasteiger charge is 2.39. The van der Waals surface area contributed by atoms with Crippen molar-refractivity contribution in [2.45, 2.75) is 19.1 Å². The van der Waals surface area contributed by atoms with E-state index in [-0.39, 0.29) is 42.2 Å². The molecule has 2 aromatic carbocycles. The number of benzene rings is 2. The number of ether oxygens (including phenoxy) is 3. The summed E-state index contributed by atoms with van der Waals surface area (Å²) in [5, 5.41) is 14.2. The van der Waals surface area contributed by atoms with Gasteiger partial charge in [-0.15, -0.1) is 0 Å². The largest absolute Gasteiger partial charge is 0.497 e. The van der Waals surface area contributed by atoms with Crippen LogP contribution in [0.5, 0.6) is 17.2 Å². The number of methoxy groups -OCH3 is 3. The van der Waals surface area contributed by atoms with Crippen LogP contribution in [0.25, 0.3) is 16.9 Å². The van der Waals surface area contributed by atoms with Crippen LogP contribution in [-0.2, 0) is 6.18 Å². The molecule has 1 fully saturated rings. The van der Waals surface area contributed by atoms with E-state index in [0.717, 1.165) is 11.8 Å². The van der Waals surface area contributed by atoms with E-state index in [9.17, 15) is 23.1 Å². The third kappa shape index (κ3) is 5.69. The molecule has 1 atom stereocenters. The van der Waals surface area contributed by atoms with Crippen LogP contribution in [0, 0.1) is 6.92 Å². The first-order chi connectivity index (χ1) is 20.6. The third-order valence-corrected chi connectivity index (χ3v) is 7.76. The highest BCUT2D eigenvalue weighted by atomic mass is 19.4. The van der Waals surface area contributed by atoms with Gasteiger partial charge < -0.3 is 24.2 Å². The quantitative estimate of drug-likeness (QED) is 0.321. The number of hydrogen-bond acceptors (Lipinski definition) is 8. The second-order valence-corrected chi connectivity index (χ2v) is 10.1. The van der Waals surface area contributed by atoms with Gasteiger partial charge in [-0.25, -0.2) is 9.50 Å². The average Bonchev–Trinajstić information content (AvgIpc) is 3.43. The fourth-order valence-electron chi connectivity index (χ4n) is 5.50. The number of hydrogen-bond donors (Lipinski definition) is 1. The van der Waals surface area contributed by atoms with Gasteiger partial charge in [0.1, 0.15) is 22.8 Å². The molecular weight excluding hydrogens is 567 g/mol. The predicted octanol–water partition coefficient (Wildman–Crippen LogP) is 4.24. The minimum absolute atomic E-state index is 0.0260. The Morgan fingerprint density at radius 2 is 1.63 bits per heavy atom. The number of rotatable bonds is 8. The summed E-state index contributed by atoms with van der Waals surface area (Å²) in [7, 11) is 4.60. The van der Waals surface area contributed by atoms with Gasteiger partial charge in [0, 0.05) is 42.9 Å². The summed E-state index contributed by atoms with van der Waals surface area (Å²) in [4.78, 5) is 21.8. The van der Waals surface area contributed by atoms with Gasteiger partial charge in [-0.3, -0.25) is 9.69 Å². The summed E-state index contributed by atoms with van der Waals surface area (Å²) < 4.78 is 59.6. The Kier molecular flexibility index (Phi) is 8.47. The first kappa shape index (κ1) is 30.1. The van der Waals surface area contributed by atoms with Crippen molar-refractivity contribution >= 4 is 11.6 Å². The monoisotopic (exact) mass is 599 g/mol. The maximum Gasteiger partial charge on any atom is 0.433 e. The number of nitrogens with zero attached hydrogens (tertiary/aromatic N) is 5. The number of carbonyl (C=O) groups excluding carboxylic acids is 1. The van der Waals surface area contributed by atoms with Gasteiger partial charge in [0.25, 0.3) is 5.91 Å². The Morgan fingerprint density at radius 1 is 0.977 bits per heavy atom. The summed E-state index contributed by atoms with van der Waals surface area (Å²) in [5.41, 5.74) is -0.0130. The topological polar surface area (TPSA) is 102 Å². The fourth-order valence-corrected chi connectivity index (χ4v) is 5.50. The number of amides is 1. The Morgan fingerprint density at radius 3 is 2.21 bits per heavy atom. The van der Waals surface area contributed by atoms with E-state index in [2.05, 4.69) is 10.1 Å². The molecule has 0 unspecified atom stereocenters. The zero-order valence-corrected chi connectivity index (χ0v) is 24.2. The predicted molar refractivity (Wildman–Crippen MR) is 152 cm³/mol. The van der Waals surface area contributed by atoms with Crippen LogP contribution in [0.4, 0.5) is 13.2 Å². The maximum atomic E-state index is 14.3. The number of halogens is 3. The SMILES string of the molecule is COc1ccc(-c2nc3c(C(=O)N4CCN([C@H](CO)c5cc(OC)ccc5OC)CC4)cnn3c(C(F)(F)F)c2C)cc1. The first-order valence-electron chi connectivity index (χ1n) is 13.6. The van der Waals surface area contributed by atoms with Crippen LogP contribution in [0.3, 0.4) is 0 Å². The molecule has 0 bridgehead atoms. The number of fused-ring (bicyclic) bond motifs is 1. The lowest BCUT2D eigenvalue weighted by Gasteiger charge is -2.39. The number of piperazine rings is 1. The molecular formula is C30H32F3N5O5. The molecule has 10 nitrogen and oxygen atoms in total. The Labute approximate surface area is 246 Å². The molecule has 1 aliphatic rings. The first-order valence-corrected chi connectivity index (χ1v) is 13.6. The van der Waals surface area contributed by atoms with Crippen LogP contribution in [-0.4, -0.2) is 89.5 Å². The van der Waals surface area contributed by atoms with E-state index in [1.807, 2.05) is 11.0 Å². The van der Waals surface area contributed by atoms with Crippen molar-refractivity contribution in [3.63, 3.8) is 0 Å². The van der Waals surface area contributed by atoms with Crippen molar-refractivity contribution in [1.82, 2.24) is 24.4 Å². The summed E-state index contributed by atoms with van der Waals surface area (Å²) in [6.45, 7) is 2.53. The van der Waals surface area contributed by atoms with Crippen molar-refractivity contribution < 1.29 is 37.3 Å². The van der Waals surface area contributed by atoms with Crippen molar-refractivity contribution in [3.8, 4) is 28.5 Å². The Balaban J connectivity index is 1.44.